The number of carboxylic acids is 1. The molecule has 1 aromatic carbocycles. The predicted octanol–water partition coefficient (Wildman–Crippen LogP) is 2.24. The highest BCUT2D eigenvalue weighted by atomic mass is 35.5. The van der Waals surface area contributed by atoms with Gasteiger partial charge in [0.25, 0.3) is 0 Å². The molecule has 0 spiro atoms. The second kappa shape index (κ2) is 8.26. The van der Waals surface area contributed by atoms with Crippen LogP contribution in [0.5, 0.6) is 0 Å². The predicted molar refractivity (Wildman–Crippen MR) is 110 cm³/mol. The zero-order valence-electron chi connectivity index (χ0n) is 16.4. The van der Waals surface area contributed by atoms with E-state index in [1.54, 1.807) is 12.1 Å². The van der Waals surface area contributed by atoms with Crippen LogP contribution in [-0.2, 0) is 21.4 Å². The van der Waals surface area contributed by atoms with Crippen molar-refractivity contribution >= 4 is 38.8 Å². The first kappa shape index (κ1) is 22.4. The first-order valence-corrected chi connectivity index (χ1v) is 11.4. The molecule has 1 N–H and O–H groups in total. The molecule has 0 saturated carbocycles. The quantitative estimate of drug-likeness (QED) is 0.553. The van der Waals surface area contributed by atoms with E-state index in [2.05, 4.69) is 4.98 Å². The van der Waals surface area contributed by atoms with Crippen LogP contribution in [0, 0.1) is 11.6 Å². The van der Waals surface area contributed by atoms with Crippen molar-refractivity contribution in [3.05, 3.63) is 57.6 Å². The monoisotopic (exact) mass is 486 g/mol. The van der Waals surface area contributed by atoms with Crippen molar-refractivity contribution < 1.29 is 27.1 Å². The minimum absolute atomic E-state index is 0.0540. The van der Waals surface area contributed by atoms with Gasteiger partial charge in [-0.3, -0.25) is 13.9 Å². The summed E-state index contributed by atoms with van der Waals surface area (Å²) in [5, 5.41) is 8.61. The molecular weight excluding hydrogens is 470 g/mol. The Morgan fingerprint density at radius 3 is 2.56 bits per heavy atom. The molecule has 9 nitrogen and oxygen atoms in total. The summed E-state index contributed by atoms with van der Waals surface area (Å²) in [6.45, 7) is -0.647. The molecule has 4 rings (SSSR count). The lowest BCUT2D eigenvalue weighted by atomic mass is 10.1. The van der Waals surface area contributed by atoms with Crippen LogP contribution in [0.4, 0.5) is 8.78 Å². The van der Waals surface area contributed by atoms with E-state index in [1.807, 2.05) is 0 Å². The van der Waals surface area contributed by atoms with E-state index in [1.165, 1.54) is 10.8 Å². The van der Waals surface area contributed by atoms with Crippen LogP contribution in [-0.4, -0.2) is 51.0 Å². The van der Waals surface area contributed by atoms with Gasteiger partial charge in [-0.2, -0.15) is 4.31 Å². The number of aliphatic carboxylic acids is 1. The highest BCUT2D eigenvalue weighted by molar-refractivity contribution is 7.89. The molecule has 0 unspecified atom stereocenters. The van der Waals surface area contributed by atoms with E-state index in [0.29, 0.717) is 23.3 Å². The van der Waals surface area contributed by atoms with Gasteiger partial charge < -0.3 is 5.11 Å². The molecule has 0 bridgehead atoms. The van der Waals surface area contributed by atoms with Gasteiger partial charge in [-0.05, 0) is 37.1 Å². The number of rotatable bonds is 5. The number of nitrogens with zero attached hydrogens (tertiary/aromatic N) is 4. The van der Waals surface area contributed by atoms with Gasteiger partial charge in [-0.1, -0.05) is 11.6 Å². The molecule has 32 heavy (non-hydrogen) atoms. The number of sulfonamides is 1. The Morgan fingerprint density at radius 1 is 1.22 bits per heavy atom. The minimum Gasteiger partial charge on any atom is -0.480 e. The smallest absolute Gasteiger partial charge is 0.331 e. The molecular formula is C19H17ClF2N4O5S. The molecule has 0 aliphatic carbocycles. The first-order chi connectivity index (χ1) is 15.1. The van der Waals surface area contributed by atoms with Gasteiger partial charge in [0.05, 0.1) is 10.5 Å². The maximum absolute atomic E-state index is 14.2. The van der Waals surface area contributed by atoms with E-state index in [0.717, 1.165) is 8.87 Å². The third-order valence-corrected chi connectivity index (χ3v) is 7.60. The third kappa shape index (κ3) is 3.78. The molecule has 3 aromatic rings. The van der Waals surface area contributed by atoms with E-state index in [9.17, 15) is 26.8 Å². The zero-order valence-corrected chi connectivity index (χ0v) is 18.0. The van der Waals surface area contributed by atoms with Crippen LogP contribution in [0.15, 0.2) is 40.2 Å². The first-order valence-electron chi connectivity index (χ1n) is 9.53. The molecule has 1 aliphatic heterocycles. The number of piperidine rings is 1. The molecule has 1 saturated heterocycles. The Bertz CT molecular complexity index is 1380. The number of hydrogen-bond acceptors (Lipinski definition) is 5. The Kier molecular flexibility index (Phi) is 5.77. The van der Waals surface area contributed by atoms with Crippen LogP contribution in [0.1, 0.15) is 18.9 Å². The molecule has 0 radical (unpaired) electrons. The van der Waals surface area contributed by atoms with Crippen molar-refractivity contribution in [1.29, 1.82) is 0 Å². The molecule has 0 amide bonds. The second-order valence-electron chi connectivity index (χ2n) is 7.31. The van der Waals surface area contributed by atoms with E-state index in [-0.39, 0.29) is 25.9 Å². The number of hydrogen-bond donors (Lipinski definition) is 1. The molecule has 170 valence electrons. The highest BCUT2D eigenvalue weighted by Crippen LogP contribution is 2.30. The lowest BCUT2D eigenvalue weighted by Gasteiger charge is -2.31. The van der Waals surface area contributed by atoms with Crippen molar-refractivity contribution in [3.63, 3.8) is 0 Å². The largest absolute Gasteiger partial charge is 0.480 e. The lowest BCUT2D eigenvalue weighted by molar-refractivity contribution is -0.137. The molecule has 2 aromatic heterocycles. The molecule has 3 heterocycles. The van der Waals surface area contributed by atoms with Gasteiger partial charge >= 0.3 is 11.7 Å². The fraction of sp³-hybridized carbons (Fsp3) is 0.316. The standard InChI is InChI=1S/C19H17ClF2N4O5S/c20-12-8-14(22)16(9-13(12)21)32(30,31)24-6-3-11(4-7-24)26-18-15(2-1-5-23-18)25(19(26)29)10-17(27)28/h1-2,5,8-9,11H,3-4,6-7,10H2,(H,27,28). The number of carbonyl (C=O) groups is 1. The number of fused-ring (bicyclic) bond motifs is 1. The zero-order chi connectivity index (χ0) is 23.2. The fourth-order valence-corrected chi connectivity index (χ4v) is 5.59. The van der Waals surface area contributed by atoms with Crippen molar-refractivity contribution in [2.45, 2.75) is 30.3 Å². The molecule has 1 aliphatic rings. The average Bonchev–Trinajstić information content (AvgIpc) is 3.02. The summed E-state index contributed by atoms with van der Waals surface area (Å²) in [7, 11) is -4.33. The number of aromatic nitrogens is 3. The van der Waals surface area contributed by atoms with Gasteiger partial charge in [0, 0.05) is 25.3 Å². The van der Waals surface area contributed by atoms with Crippen LogP contribution < -0.4 is 5.69 Å². The van der Waals surface area contributed by atoms with Gasteiger partial charge in [0.15, 0.2) is 5.65 Å². The average molecular weight is 487 g/mol. The van der Waals surface area contributed by atoms with Crippen LogP contribution in [0.3, 0.4) is 0 Å². The van der Waals surface area contributed by atoms with Gasteiger partial charge in [0.2, 0.25) is 10.0 Å². The maximum atomic E-state index is 14.2. The topological polar surface area (TPSA) is 114 Å². The minimum atomic E-state index is -4.33. The van der Waals surface area contributed by atoms with Crippen LogP contribution in [0.2, 0.25) is 5.02 Å². The van der Waals surface area contributed by atoms with Crippen molar-refractivity contribution in [3.8, 4) is 0 Å². The molecule has 13 heteroatoms. The Balaban J connectivity index is 1.63. The Hall–Kier alpha value is -2.83. The lowest BCUT2D eigenvalue weighted by Crippen LogP contribution is -2.41. The SMILES string of the molecule is O=C(O)Cn1c(=O)n(C2CCN(S(=O)(=O)c3cc(F)c(Cl)cc3F)CC2)c2ncccc21. The Morgan fingerprint density at radius 2 is 1.91 bits per heavy atom. The van der Waals surface area contributed by atoms with Crippen LogP contribution >= 0.6 is 11.6 Å². The summed E-state index contributed by atoms with van der Waals surface area (Å²) in [4.78, 5) is 27.5. The van der Waals surface area contributed by atoms with Crippen molar-refractivity contribution in [2.75, 3.05) is 13.1 Å². The summed E-state index contributed by atoms with van der Waals surface area (Å²) in [6, 6.07) is 3.87. The van der Waals surface area contributed by atoms with Crippen molar-refractivity contribution in [1.82, 2.24) is 18.4 Å². The Labute approximate surface area is 185 Å². The fourth-order valence-electron chi connectivity index (χ4n) is 3.91. The number of carboxylic acid groups (broad SMARTS) is 1. The second-order valence-corrected chi connectivity index (χ2v) is 9.62. The maximum Gasteiger partial charge on any atom is 0.331 e. The van der Waals surface area contributed by atoms with Gasteiger partial charge in [-0.25, -0.2) is 27.0 Å². The summed E-state index contributed by atoms with van der Waals surface area (Å²) in [5.74, 6) is -3.39. The number of benzene rings is 1. The normalized spacial score (nSPS) is 16.0. The summed E-state index contributed by atoms with van der Waals surface area (Å²) in [5.41, 5.74) is 0.0905. The number of imidazole rings is 1. The highest BCUT2D eigenvalue weighted by Gasteiger charge is 2.34. The van der Waals surface area contributed by atoms with E-state index >= 15 is 0 Å². The molecule has 0 atom stereocenters. The summed E-state index contributed by atoms with van der Waals surface area (Å²) < 4.78 is 57.1. The third-order valence-electron chi connectivity index (χ3n) is 5.40. The molecule has 1 fully saturated rings. The summed E-state index contributed by atoms with van der Waals surface area (Å²) >= 11 is 5.50. The van der Waals surface area contributed by atoms with Crippen LogP contribution in [0.25, 0.3) is 11.2 Å². The van der Waals surface area contributed by atoms with Gasteiger partial charge in [0.1, 0.15) is 23.1 Å². The number of pyridine rings is 1. The van der Waals surface area contributed by atoms with E-state index < -0.39 is 55.8 Å². The van der Waals surface area contributed by atoms with E-state index in [4.69, 9.17) is 16.7 Å². The van der Waals surface area contributed by atoms with Gasteiger partial charge in [-0.15, -0.1) is 0 Å². The van der Waals surface area contributed by atoms with Crippen molar-refractivity contribution in [2.24, 2.45) is 0 Å². The summed E-state index contributed by atoms with van der Waals surface area (Å²) in [6.07, 6.45) is 1.86. The number of halogens is 3.